The van der Waals surface area contributed by atoms with Crippen LogP contribution in [0.25, 0.3) is 11.3 Å². The standard InChI is InChI=1S/C27H39N3O2/c1-17-5-4-6-20(8-7-17)19(3)27(31)22-11-12-32-25-10-9-21(24-16-26(28)30-29-24)15-23(25)14-18(2)13-22/h9-10,15-20,22H,4-8,11-14H2,1-3H3,(H3,28,29,30). The number of rotatable bonds is 4. The largest absolute Gasteiger partial charge is 0.493 e. The van der Waals surface area contributed by atoms with Crippen molar-refractivity contribution in [2.45, 2.75) is 72.1 Å². The summed E-state index contributed by atoms with van der Waals surface area (Å²) in [5.74, 6) is 3.95. The molecule has 1 saturated carbocycles. The van der Waals surface area contributed by atoms with Gasteiger partial charge in [-0.05, 0) is 73.6 Å². The highest BCUT2D eigenvalue weighted by molar-refractivity contribution is 5.83. The zero-order valence-corrected chi connectivity index (χ0v) is 19.9. The number of ketones is 1. The third kappa shape index (κ3) is 5.36. The Bertz CT molecular complexity index is 921. The lowest BCUT2D eigenvalue weighted by molar-refractivity contribution is -0.129. The number of aromatic amines is 1. The molecule has 2 heterocycles. The van der Waals surface area contributed by atoms with Crippen molar-refractivity contribution in [3.05, 3.63) is 29.8 Å². The molecule has 1 fully saturated rings. The van der Waals surface area contributed by atoms with Gasteiger partial charge >= 0.3 is 0 Å². The van der Waals surface area contributed by atoms with E-state index in [1.807, 2.05) is 18.2 Å². The number of fused-ring (bicyclic) bond motifs is 1. The molecule has 1 aromatic heterocycles. The summed E-state index contributed by atoms with van der Waals surface area (Å²) in [6.45, 7) is 7.42. The minimum absolute atomic E-state index is 0.0989. The van der Waals surface area contributed by atoms with Gasteiger partial charge in [-0.25, -0.2) is 0 Å². The lowest BCUT2D eigenvalue weighted by Crippen LogP contribution is -2.29. The highest BCUT2D eigenvalue weighted by Gasteiger charge is 2.32. The number of hydrogen-bond acceptors (Lipinski definition) is 4. The summed E-state index contributed by atoms with van der Waals surface area (Å²) in [4.78, 5) is 13.5. The van der Waals surface area contributed by atoms with Crippen LogP contribution in [0.15, 0.2) is 24.3 Å². The van der Waals surface area contributed by atoms with Crippen LogP contribution in [-0.2, 0) is 11.2 Å². The van der Waals surface area contributed by atoms with Crippen LogP contribution in [0.2, 0.25) is 0 Å². The summed E-state index contributed by atoms with van der Waals surface area (Å²) in [6.07, 6.45) is 8.94. The van der Waals surface area contributed by atoms with E-state index in [0.717, 1.165) is 42.2 Å². The number of nitrogens with one attached hydrogen (secondary N) is 1. The first-order valence-corrected chi connectivity index (χ1v) is 12.5. The van der Waals surface area contributed by atoms with Crippen LogP contribution in [0, 0.1) is 29.6 Å². The summed E-state index contributed by atoms with van der Waals surface area (Å²) < 4.78 is 6.19. The first kappa shape index (κ1) is 22.9. The molecule has 1 aromatic carbocycles. The highest BCUT2D eigenvalue weighted by Crippen LogP contribution is 2.36. The van der Waals surface area contributed by atoms with Gasteiger partial charge in [-0.15, -0.1) is 0 Å². The number of hydrogen-bond donors (Lipinski definition) is 2. The molecule has 5 unspecified atom stereocenters. The molecule has 0 saturated heterocycles. The second kappa shape index (κ2) is 10.1. The molecule has 5 atom stereocenters. The number of nitrogens with zero attached hydrogens (tertiary/aromatic N) is 1. The van der Waals surface area contributed by atoms with E-state index < -0.39 is 0 Å². The molecule has 2 aliphatic rings. The maximum absolute atomic E-state index is 13.5. The predicted octanol–water partition coefficient (Wildman–Crippen LogP) is 6.05. The molecule has 5 heteroatoms. The Morgan fingerprint density at radius 1 is 1.12 bits per heavy atom. The molecule has 0 amide bonds. The Hall–Kier alpha value is -2.30. The average Bonchev–Trinajstić information content (AvgIpc) is 3.12. The molecule has 0 spiro atoms. The Labute approximate surface area is 192 Å². The van der Waals surface area contributed by atoms with Gasteiger partial charge in [-0.2, -0.15) is 5.10 Å². The first-order chi connectivity index (χ1) is 15.4. The van der Waals surface area contributed by atoms with Crippen LogP contribution < -0.4 is 10.5 Å². The van der Waals surface area contributed by atoms with E-state index in [-0.39, 0.29) is 11.8 Å². The normalized spacial score (nSPS) is 27.7. The number of H-pyrrole nitrogens is 1. The Morgan fingerprint density at radius 2 is 1.97 bits per heavy atom. The van der Waals surface area contributed by atoms with Gasteiger partial charge in [0.1, 0.15) is 17.4 Å². The van der Waals surface area contributed by atoms with Crippen molar-refractivity contribution >= 4 is 11.6 Å². The number of benzene rings is 1. The summed E-state index contributed by atoms with van der Waals surface area (Å²) in [5, 5.41) is 7.04. The van der Waals surface area contributed by atoms with E-state index in [9.17, 15) is 4.79 Å². The molecule has 4 rings (SSSR count). The van der Waals surface area contributed by atoms with E-state index in [2.05, 4.69) is 37.0 Å². The lowest BCUT2D eigenvalue weighted by Gasteiger charge is -2.27. The maximum Gasteiger partial charge on any atom is 0.145 e. The van der Waals surface area contributed by atoms with Crippen molar-refractivity contribution in [3.63, 3.8) is 0 Å². The lowest BCUT2D eigenvalue weighted by atomic mass is 9.77. The Morgan fingerprint density at radius 3 is 2.75 bits per heavy atom. The molecular weight excluding hydrogens is 398 g/mol. The van der Waals surface area contributed by atoms with Gasteiger partial charge < -0.3 is 10.5 Å². The van der Waals surface area contributed by atoms with Gasteiger partial charge in [0.05, 0.1) is 12.3 Å². The van der Waals surface area contributed by atoms with Crippen molar-refractivity contribution in [2.75, 3.05) is 12.3 Å². The Kier molecular flexibility index (Phi) is 7.22. The molecule has 5 nitrogen and oxygen atoms in total. The Balaban J connectivity index is 1.45. The number of anilines is 1. The van der Waals surface area contributed by atoms with Gasteiger partial charge in [0.25, 0.3) is 0 Å². The predicted molar refractivity (Wildman–Crippen MR) is 129 cm³/mol. The molecular formula is C27H39N3O2. The van der Waals surface area contributed by atoms with Crippen molar-refractivity contribution in [1.29, 1.82) is 0 Å². The molecule has 1 aliphatic heterocycles. The fraction of sp³-hybridized carbons (Fsp3) is 0.630. The maximum atomic E-state index is 13.5. The molecule has 0 radical (unpaired) electrons. The third-order valence-electron chi connectivity index (χ3n) is 7.81. The monoisotopic (exact) mass is 437 g/mol. The molecule has 2 aromatic rings. The minimum atomic E-state index is 0.0989. The van der Waals surface area contributed by atoms with Gasteiger partial charge in [0, 0.05) is 23.5 Å². The van der Waals surface area contributed by atoms with Crippen LogP contribution in [0.1, 0.15) is 71.3 Å². The first-order valence-electron chi connectivity index (χ1n) is 12.5. The summed E-state index contributed by atoms with van der Waals surface area (Å²) in [7, 11) is 0. The summed E-state index contributed by atoms with van der Waals surface area (Å²) in [6, 6.07) is 8.12. The van der Waals surface area contributed by atoms with E-state index in [1.54, 1.807) is 0 Å². The second-order valence-electron chi connectivity index (χ2n) is 10.5. The number of Topliss-reactive ketones (excluding diaryl/α,β-unsaturated/α-hetero) is 1. The summed E-state index contributed by atoms with van der Waals surface area (Å²) >= 11 is 0. The topological polar surface area (TPSA) is 81.0 Å². The quantitative estimate of drug-likeness (QED) is 0.571. The molecule has 0 bridgehead atoms. The molecule has 1 aliphatic carbocycles. The zero-order valence-electron chi connectivity index (χ0n) is 19.9. The number of carbonyl (C=O) groups excluding carboxylic acids is 1. The van der Waals surface area contributed by atoms with Crippen molar-refractivity contribution < 1.29 is 9.53 Å². The van der Waals surface area contributed by atoms with Gasteiger partial charge in [0.2, 0.25) is 0 Å². The minimum Gasteiger partial charge on any atom is -0.493 e. The molecule has 32 heavy (non-hydrogen) atoms. The fourth-order valence-electron chi connectivity index (χ4n) is 5.78. The van der Waals surface area contributed by atoms with E-state index in [1.165, 1.54) is 37.7 Å². The number of aromatic nitrogens is 2. The van der Waals surface area contributed by atoms with Gasteiger partial charge in [-0.3, -0.25) is 9.89 Å². The highest BCUT2D eigenvalue weighted by atomic mass is 16.5. The zero-order chi connectivity index (χ0) is 22.7. The SMILES string of the molecule is CC1CCCC(C(C)C(=O)C2CCOc3ccc(-c4cc(N)n[nH]4)cc3CC(C)C2)CC1. The third-order valence-corrected chi connectivity index (χ3v) is 7.81. The number of nitrogens with two attached hydrogens (primary N) is 1. The van der Waals surface area contributed by atoms with Crippen LogP contribution in [0.4, 0.5) is 5.82 Å². The van der Waals surface area contributed by atoms with E-state index in [0.29, 0.717) is 30.0 Å². The number of ether oxygens (including phenoxy) is 1. The number of carbonyl (C=O) groups is 1. The number of nitrogen functional groups attached to an aromatic ring is 1. The molecule has 174 valence electrons. The van der Waals surface area contributed by atoms with E-state index in [4.69, 9.17) is 10.5 Å². The van der Waals surface area contributed by atoms with Crippen molar-refractivity contribution in [1.82, 2.24) is 10.2 Å². The summed E-state index contributed by atoms with van der Waals surface area (Å²) in [5.41, 5.74) is 8.95. The van der Waals surface area contributed by atoms with Crippen LogP contribution in [0.3, 0.4) is 0 Å². The molecule has 3 N–H and O–H groups in total. The van der Waals surface area contributed by atoms with Crippen molar-refractivity contribution in [2.24, 2.45) is 29.6 Å². The van der Waals surface area contributed by atoms with Crippen molar-refractivity contribution in [3.8, 4) is 17.0 Å². The average molecular weight is 438 g/mol. The van der Waals surface area contributed by atoms with E-state index >= 15 is 0 Å². The van der Waals surface area contributed by atoms with Crippen LogP contribution in [0.5, 0.6) is 5.75 Å². The van der Waals surface area contributed by atoms with Crippen LogP contribution >= 0.6 is 0 Å². The smallest absolute Gasteiger partial charge is 0.145 e. The fourth-order valence-corrected chi connectivity index (χ4v) is 5.78. The van der Waals surface area contributed by atoms with Gasteiger partial charge in [-0.1, -0.05) is 40.0 Å². The second-order valence-corrected chi connectivity index (χ2v) is 10.5. The van der Waals surface area contributed by atoms with Crippen LogP contribution in [-0.4, -0.2) is 22.6 Å². The van der Waals surface area contributed by atoms with Gasteiger partial charge in [0.15, 0.2) is 0 Å².